The lowest BCUT2D eigenvalue weighted by atomic mass is 10.2. The van der Waals surface area contributed by atoms with Crippen molar-refractivity contribution in [1.82, 2.24) is 9.97 Å². The molecule has 2 heterocycles. The lowest BCUT2D eigenvalue weighted by Crippen LogP contribution is -1.80. The average molecular weight is 256 g/mol. The lowest BCUT2D eigenvalue weighted by molar-refractivity contribution is 0.584. The summed E-state index contributed by atoms with van der Waals surface area (Å²) in [5.41, 5.74) is 1.88. The minimum Gasteiger partial charge on any atom is -0.244 e. The molecular weight excluding hydrogens is 247 g/mol. The van der Waals surface area contributed by atoms with E-state index in [1.165, 1.54) is 12.3 Å². The molecule has 0 bridgehead atoms. The minimum atomic E-state index is -0.470. The highest BCUT2D eigenvalue weighted by Gasteiger charge is 2.07. The van der Waals surface area contributed by atoms with Gasteiger partial charge in [0.05, 0.1) is 4.88 Å². The summed E-state index contributed by atoms with van der Waals surface area (Å²) in [5, 5.41) is 0.933. The zero-order chi connectivity index (χ0) is 12.4. The van der Waals surface area contributed by atoms with E-state index in [0.29, 0.717) is 0 Å². The van der Waals surface area contributed by atoms with Gasteiger partial charge in [-0.2, -0.15) is 4.39 Å². The van der Waals surface area contributed by atoms with Crippen molar-refractivity contribution in [3.63, 3.8) is 0 Å². The molecule has 0 N–H and O–H groups in total. The van der Waals surface area contributed by atoms with Gasteiger partial charge in [0.1, 0.15) is 5.01 Å². The molecule has 0 spiro atoms. The summed E-state index contributed by atoms with van der Waals surface area (Å²) < 4.78 is 13.1. The van der Waals surface area contributed by atoms with Gasteiger partial charge in [0.25, 0.3) is 0 Å². The normalized spacial score (nSPS) is 10.5. The second kappa shape index (κ2) is 4.66. The quantitative estimate of drug-likeness (QED) is 0.647. The van der Waals surface area contributed by atoms with Crippen molar-refractivity contribution in [2.75, 3.05) is 0 Å². The Balaban J connectivity index is 2.00. The Bertz CT molecular complexity index is 664. The second-order valence-electron chi connectivity index (χ2n) is 3.76. The molecule has 0 saturated heterocycles. The van der Waals surface area contributed by atoms with Crippen LogP contribution in [0.5, 0.6) is 0 Å². The van der Waals surface area contributed by atoms with Crippen molar-refractivity contribution < 1.29 is 4.39 Å². The van der Waals surface area contributed by atoms with Gasteiger partial charge in [-0.3, -0.25) is 0 Å². The predicted octanol–water partition coefficient (Wildman–Crippen LogP) is 4.01. The summed E-state index contributed by atoms with van der Waals surface area (Å²) in [6.07, 6.45) is 3.23. The molecule has 4 heteroatoms. The molecule has 3 aromatic rings. The fraction of sp³-hybridized carbons (Fsp3) is 0. The first kappa shape index (κ1) is 11.0. The zero-order valence-corrected chi connectivity index (χ0v) is 10.2. The standard InChI is InChI=1S/C14H9FN2S/c15-13-8-11(6-7-16-13)12-9-17-14(18-12)10-4-2-1-3-5-10/h1-9H. The van der Waals surface area contributed by atoms with Crippen LogP contribution in [0.15, 0.2) is 54.9 Å². The van der Waals surface area contributed by atoms with Gasteiger partial charge >= 0.3 is 0 Å². The Morgan fingerprint density at radius 3 is 2.56 bits per heavy atom. The minimum absolute atomic E-state index is 0.470. The van der Waals surface area contributed by atoms with Crippen LogP contribution < -0.4 is 0 Å². The summed E-state index contributed by atoms with van der Waals surface area (Å²) in [7, 11) is 0. The van der Waals surface area contributed by atoms with Gasteiger partial charge < -0.3 is 0 Å². The number of halogens is 1. The van der Waals surface area contributed by atoms with Crippen molar-refractivity contribution >= 4 is 11.3 Å². The first-order chi connectivity index (χ1) is 8.83. The molecular formula is C14H9FN2S. The van der Waals surface area contributed by atoms with E-state index in [-0.39, 0.29) is 0 Å². The van der Waals surface area contributed by atoms with E-state index < -0.39 is 5.95 Å². The maximum atomic E-state index is 13.1. The maximum absolute atomic E-state index is 13.1. The topological polar surface area (TPSA) is 25.8 Å². The number of thiazole rings is 1. The van der Waals surface area contributed by atoms with Gasteiger partial charge in [-0.1, -0.05) is 30.3 Å². The van der Waals surface area contributed by atoms with Crippen molar-refractivity contribution in [2.24, 2.45) is 0 Å². The first-order valence-corrected chi connectivity index (χ1v) is 6.28. The van der Waals surface area contributed by atoms with E-state index in [9.17, 15) is 4.39 Å². The molecule has 0 saturated carbocycles. The van der Waals surface area contributed by atoms with Crippen LogP contribution in [0.3, 0.4) is 0 Å². The molecule has 0 atom stereocenters. The second-order valence-corrected chi connectivity index (χ2v) is 4.79. The van der Waals surface area contributed by atoms with Crippen molar-refractivity contribution in [3.05, 3.63) is 60.8 Å². The molecule has 2 aromatic heterocycles. The van der Waals surface area contributed by atoms with Gasteiger partial charge in [-0.25, -0.2) is 9.97 Å². The predicted molar refractivity (Wildman–Crippen MR) is 70.7 cm³/mol. The highest BCUT2D eigenvalue weighted by atomic mass is 32.1. The summed E-state index contributed by atoms with van der Waals surface area (Å²) in [6, 6.07) is 13.1. The SMILES string of the molecule is Fc1cc(-c2cnc(-c3ccccc3)s2)ccn1. The van der Waals surface area contributed by atoms with Gasteiger partial charge in [-0.15, -0.1) is 11.3 Å². The third-order valence-electron chi connectivity index (χ3n) is 2.54. The fourth-order valence-corrected chi connectivity index (χ4v) is 2.60. The zero-order valence-electron chi connectivity index (χ0n) is 9.38. The van der Waals surface area contributed by atoms with Crippen LogP contribution >= 0.6 is 11.3 Å². The Morgan fingerprint density at radius 1 is 0.944 bits per heavy atom. The Labute approximate surface area is 108 Å². The van der Waals surface area contributed by atoms with Crippen molar-refractivity contribution in [3.8, 4) is 21.0 Å². The smallest absolute Gasteiger partial charge is 0.213 e. The molecule has 0 unspecified atom stereocenters. The highest BCUT2D eigenvalue weighted by Crippen LogP contribution is 2.31. The number of hydrogen-bond donors (Lipinski definition) is 0. The number of hydrogen-bond acceptors (Lipinski definition) is 3. The molecule has 88 valence electrons. The summed E-state index contributed by atoms with van der Waals surface area (Å²) in [4.78, 5) is 8.86. The summed E-state index contributed by atoms with van der Waals surface area (Å²) >= 11 is 1.54. The van der Waals surface area contributed by atoms with Gasteiger partial charge in [0, 0.05) is 24.0 Å². The fourth-order valence-electron chi connectivity index (χ4n) is 1.68. The largest absolute Gasteiger partial charge is 0.244 e. The molecule has 0 aliphatic heterocycles. The molecule has 1 aromatic carbocycles. The van der Waals surface area contributed by atoms with Crippen LogP contribution in [0.25, 0.3) is 21.0 Å². The summed E-state index contributed by atoms with van der Waals surface area (Å²) in [6.45, 7) is 0. The van der Waals surface area contributed by atoms with Gasteiger partial charge in [0.2, 0.25) is 5.95 Å². The molecule has 0 amide bonds. The van der Waals surface area contributed by atoms with Gasteiger partial charge in [-0.05, 0) is 11.6 Å². The summed E-state index contributed by atoms with van der Waals surface area (Å²) in [5.74, 6) is -0.470. The molecule has 0 aliphatic rings. The number of aromatic nitrogens is 2. The first-order valence-electron chi connectivity index (χ1n) is 5.46. The van der Waals surface area contributed by atoms with Crippen molar-refractivity contribution in [2.45, 2.75) is 0 Å². The Hall–Kier alpha value is -2.07. The van der Waals surface area contributed by atoms with Crippen LogP contribution in [0.4, 0.5) is 4.39 Å². The van der Waals surface area contributed by atoms with Crippen LogP contribution in [-0.2, 0) is 0 Å². The molecule has 3 rings (SSSR count). The third-order valence-corrected chi connectivity index (χ3v) is 3.63. The van der Waals surface area contributed by atoms with E-state index in [1.807, 2.05) is 30.3 Å². The third kappa shape index (κ3) is 2.15. The molecule has 2 nitrogen and oxygen atoms in total. The monoisotopic (exact) mass is 256 g/mol. The molecule has 0 fully saturated rings. The van der Waals surface area contributed by atoms with Crippen molar-refractivity contribution in [1.29, 1.82) is 0 Å². The average Bonchev–Trinajstić information content (AvgIpc) is 2.89. The Kier molecular flexibility index (Phi) is 2.86. The van der Waals surface area contributed by atoms with Crippen LogP contribution in [0, 0.1) is 5.95 Å². The Morgan fingerprint density at radius 2 is 1.78 bits per heavy atom. The highest BCUT2D eigenvalue weighted by molar-refractivity contribution is 7.18. The maximum Gasteiger partial charge on any atom is 0.213 e. The van der Waals surface area contributed by atoms with E-state index in [1.54, 1.807) is 23.6 Å². The number of pyridine rings is 1. The molecule has 18 heavy (non-hydrogen) atoms. The van der Waals surface area contributed by atoms with Crippen LogP contribution in [0.1, 0.15) is 0 Å². The van der Waals surface area contributed by atoms with E-state index >= 15 is 0 Å². The van der Waals surface area contributed by atoms with E-state index in [4.69, 9.17) is 0 Å². The number of rotatable bonds is 2. The molecule has 0 aliphatic carbocycles. The van der Waals surface area contributed by atoms with Crippen LogP contribution in [-0.4, -0.2) is 9.97 Å². The van der Waals surface area contributed by atoms with E-state index in [0.717, 1.165) is 21.0 Å². The van der Waals surface area contributed by atoms with Crippen LogP contribution in [0.2, 0.25) is 0 Å². The molecule has 0 radical (unpaired) electrons. The lowest BCUT2D eigenvalue weighted by Gasteiger charge is -1.95. The number of benzene rings is 1. The van der Waals surface area contributed by atoms with Gasteiger partial charge in [0.15, 0.2) is 0 Å². The van der Waals surface area contributed by atoms with E-state index in [2.05, 4.69) is 9.97 Å². The number of nitrogens with zero attached hydrogens (tertiary/aromatic N) is 2.